The summed E-state index contributed by atoms with van der Waals surface area (Å²) in [5, 5.41) is 13.1. The Morgan fingerprint density at radius 3 is 2.73 bits per heavy atom. The van der Waals surface area contributed by atoms with Gasteiger partial charge in [-0.25, -0.2) is 15.0 Å². The van der Waals surface area contributed by atoms with Gasteiger partial charge in [0.15, 0.2) is 22.3 Å². The molecule has 1 aromatic carbocycles. The summed E-state index contributed by atoms with van der Waals surface area (Å²) in [6.45, 7) is 3.67. The SMILES string of the molecule is COc1ccnc(C(=O)Nc2nc3ccc(Oc4cc(C)nc(C)n4)cc3s2)c1O. The van der Waals surface area contributed by atoms with Crippen LogP contribution in [0.1, 0.15) is 22.0 Å². The lowest BCUT2D eigenvalue weighted by atomic mass is 10.3. The Bertz CT molecular complexity index is 1240. The van der Waals surface area contributed by atoms with Gasteiger partial charge in [-0.1, -0.05) is 11.3 Å². The van der Waals surface area contributed by atoms with E-state index in [1.54, 1.807) is 25.1 Å². The molecular formula is C20H17N5O4S. The molecule has 0 aliphatic carbocycles. The summed E-state index contributed by atoms with van der Waals surface area (Å²) in [6.07, 6.45) is 1.38. The first-order valence-electron chi connectivity index (χ1n) is 8.87. The van der Waals surface area contributed by atoms with Gasteiger partial charge in [0, 0.05) is 30.1 Å². The van der Waals surface area contributed by atoms with Crippen molar-refractivity contribution in [2.75, 3.05) is 12.4 Å². The van der Waals surface area contributed by atoms with Crippen molar-refractivity contribution in [2.45, 2.75) is 13.8 Å². The molecule has 2 N–H and O–H groups in total. The zero-order valence-electron chi connectivity index (χ0n) is 16.3. The fourth-order valence-electron chi connectivity index (χ4n) is 2.80. The molecule has 30 heavy (non-hydrogen) atoms. The fraction of sp³-hybridized carbons (Fsp3) is 0.150. The minimum Gasteiger partial charge on any atom is -0.503 e. The van der Waals surface area contributed by atoms with E-state index in [2.05, 4.69) is 25.3 Å². The Morgan fingerprint density at radius 2 is 1.97 bits per heavy atom. The number of aryl methyl sites for hydroxylation is 2. The largest absolute Gasteiger partial charge is 0.503 e. The molecule has 10 heteroatoms. The number of carbonyl (C=O) groups is 1. The summed E-state index contributed by atoms with van der Waals surface area (Å²) in [4.78, 5) is 29.3. The maximum atomic E-state index is 12.5. The third-order valence-electron chi connectivity index (χ3n) is 4.07. The van der Waals surface area contributed by atoms with E-state index in [9.17, 15) is 9.90 Å². The number of ether oxygens (including phenoxy) is 2. The lowest BCUT2D eigenvalue weighted by molar-refractivity contribution is 0.101. The van der Waals surface area contributed by atoms with Gasteiger partial charge >= 0.3 is 0 Å². The topological polar surface area (TPSA) is 119 Å². The number of aromatic hydroxyl groups is 1. The molecule has 0 bridgehead atoms. The van der Waals surface area contributed by atoms with Gasteiger partial charge in [0.25, 0.3) is 5.91 Å². The molecule has 0 spiro atoms. The highest BCUT2D eigenvalue weighted by Crippen LogP contribution is 2.32. The minimum atomic E-state index is -0.589. The number of aromatic nitrogens is 4. The number of anilines is 1. The second-order valence-corrected chi connectivity index (χ2v) is 7.34. The predicted molar refractivity (Wildman–Crippen MR) is 112 cm³/mol. The number of pyridine rings is 1. The number of benzene rings is 1. The van der Waals surface area contributed by atoms with Crippen LogP contribution in [0, 0.1) is 13.8 Å². The Labute approximate surface area is 175 Å². The summed E-state index contributed by atoms with van der Waals surface area (Å²) in [6, 6.07) is 8.60. The first kappa shape index (κ1) is 19.5. The molecule has 0 saturated carbocycles. The lowest BCUT2D eigenvalue weighted by Gasteiger charge is -2.06. The second-order valence-electron chi connectivity index (χ2n) is 6.31. The number of hydrogen-bond acceptors (Lipinski definition) is 9. The third-order valence-corrected chi connectivity index (χ3v) is 5.00. The number of nitrogens with one attached hydrogen (secondary N) is 1. The van der Waals surface area contributed by atoms with Crippen LogP contribution in [0.4, 0.5) is 5.13 Å². The number of fused-ring (bicyclic) bond motifs is 1. The summed E-state index contributed by atoms with van der Waals surface area (Å²) in [5.41, 5.74) is 1.36. The number of thiazole rings is 1. The summed E-state index contributed by atoms with van der Waals surface area (Å²) >= 11 is 1.27. The van der Waals surface area contributed by atoms with Crippen molar-refractivity contribution in [1.29, 1.82) is 0 Å². The van der Waals surface area contributed by atoms with Gasteiger partial charge < -0.3 is 14.6 Å². The van der Waals surface area contributed by atoms with Crippen molar-refractivity contribution in [3.8, 4) is 23.1 Å². The minimum absolute atomic E-state index is 0.146. The molecule has 0 aliphatic heterocycles. The second kappa shape index (κ2) is 7.91. The zero-order chi connectivity index (χ0) is 21.3. The molecule has 1 amide bonds. The van der Waals surface area contributed by atoms with Crippen LogP contribution in [0.2, 0.25) is 0 Å². The molecule has 0 radical (unpaired) electrons. The van der Waals surface area contributed by atoms with E-state index in [4.69, 9.17) is 9.47 Å². The molecule has 152 valence electrons. The van der Waals surface area contributed by atoms with E-state index in [0.29, 0.717) is 28.1 Å². The Balaban J connectivity index is 1.56. The number of carbonyl (C=O) groups excluding carboxylic acids is 1. The van der Waals surface area contributed by atoms with Gasteiger partial charge in [-0.15, -0.1) is 0 Å². The number of methoxy groups -OCH3 is 1. The molecule has 0 fully saturated rings. The average molecular weight is 423 g/mol. The van der Waals surface area contributed by atoms with Crippen LogP contribution in [-0.2, 0) is 0 Å². The van der Waals surface area contributed by atoms with Crippen LogP contribution >= 0.6 is 11.3 Å². The maximum absolute atomic E-state index is 12.5. The molecule has 0 unspecified atom stereocenters. The van der Waals surface area contributed by atoms with Crippen LogP contribution in [0.15, 0.2) is 36.5 Å². The molecule has 4 rings (SSSR count). The first-order valence-corrected chi connectivity index (χ1v) is 9.68. The zero-order valence-corrected chi connectivity index (χ0v) is 17.1. The first-order chi connectivity index (χ1) is 14.4. The summed E-state index contributed by atoms with van der Waals surface area (Å²) in [5.74, 6) is 0.920. The van der Waals surface area contributed by atoms with E-state index in [0.717, 1.165) is 10.4 Å². The van der Waals surface area contributed by atoms with Gasteiger partial charge in [0.05, 0.1) is 17.3 Å². The molecule has 4 aromatic rings. The van der Waals surface area contributed by atoms with E-state index < -0.39 is 5.91 Å². The quantitative estimate of drug-likeness (QED) is 0.497. The molecular weight excluding hydrogens is 406 g/mol. The molecule has 9 nitrogen and oxygen atoms in total. The number of nitrogens with zero attached hydrogens (tertiary/aromatic N) is 4. The Kier molecular flexibility index (Phi) is 5.15. The highest BCUT2D eigenvalue weighted by Gasteiger charge is 2.18. The average Bonchev–Trinajstić information content (AvgIpc) is 3.08. The highest BCUT2D eigenvalue weighted by atomic mass is 32.1. The standard InChI is InChI=1S/C20H17N5O4S/c1-10-8-16(23-11(2)22-10)29-12-4-5-13-15(9-12)30-20(24-13)25-19(27)17-18(26)14(28-3)6-7-21-17/h4-9,26H,1-3H3,(H,24,25,27). The van der Waals surface area contributed by atoms with Gasteiger partial charge in [-0.2, -0.15) is 4.98 Å². The van der Waals surface area contributed by atoms with Crippen LogP contribution in [-0.4, -0.2) is 38.1 Å². The van der Waals surface area contributed by atoms with Crippen LogP contribution in [0.25, 0.3) is 10.2 Å². The summed E-state index contributed by atoms with van der Waals surface area (Å²) in [7, 11) is 1.40. The molecule has 0 atom stereocenters. The molecule has 3 heterocycles. The van der Waals surface area contributed by atoms with Crippen LogP contribution in [0.5, 0.6) is 23.1 Å². The van der Waals surface area contributed by atoms with Gasteiger partial charge in [-0.3, -0.25) is 10.1 Å². The van der Waals surface area contributed by atoms with Crippen molar-refractivity contribution >= 4 is 32.6 Å². The van der Waals surface area contributed by atoms with Gasteiger partial charge in [0.2, 0.25) is 5.88 Å². The Morgan fingerprint density at radius 1 is 1.13 bits per heavy atom. The predicted octanol–water partition coefficient (Wildman–Crippen LogP) is 3.86. The Hall–Kier alpha value is -3.79. The maximum Gasteiger partial charge on any atom is 0.280 e. The lowest BCUT2D eigenvalue weighted by Crippen LogP contribution is -2.13. The van der Waals surface area contributed by atoms with E-state index in [1.165, 1.54) is 30.7 Å². The molecule has 0 aliphatic rings. The highest BCUT2D eigenvalue weighted by molar-refractivity contribution is 7.22. The van der Waals surface area contributed by atoms with Crippen molar-refractivity contribution < 1.29 is 19.4 Å². The summed E-state index contributed by atoms with van der Waals surface area (Å²) < 4.78 is 11.7. The molecule has 3 aromatic heterocycles. The smallest absolute Gasteiger partial charge is 0.280 e. The van der Waals surface area contributed by atoms with Crippen molar-refractivity contribution in [1.82, 2.24) is 19.9 Å². The van der Waals surface area contributed by atoms with E-state index >= 15 is 0 Å². The third kappa shape index (κ3) is 3.98. The van der Waals surface area contributed by atoms with E-state index in [1.807, 2.05) is 13.0 Å². The fourth-order valence-corrected chi connectivity index (χ4v) is 3.69. The number of amides is 1. The van der Waals surface area contributed by atoms with Crippen LogP contribution in [0.3, 0.4) is 0 Å². The monoisotopic (exact) mass is 423 g/mol. The van der Waals surface area contributed by atoms with Crippen LogP contribution < -0.4 is 14.8 Å². The van der Waals surface area contributed by atoms with Gasteiger partial charge in [0.1, 0.15) is 11.6 Å². The van der Waals surface area contributed by atoms with E-state index in [-0.39, 0.29) is 17.2 Å². The van der Waals surface area contributed by atoms with Gasteiger partial charge in [-0.05, 0) is 26.0 Å². The van der Waals surface area contributed by atoms with Crippen molar-refractivity contribution in [3.63, 3.8) is 0 Å². The number of hydrogen-bond donors (Lipinski definition) is 2. The normalized spacial score (nSPS) is 10.8. The van der Waals surface area contributed by atoms with Crippen molar-refractivity contribution in [2.24, 2.45) is 0 Å². The molecule has 0 saturated heterocycles. The number of rotatable bonds is 5. The van der Waals surface area contributed by atoms with Crippen molar-refractivity contribution in [3.05, 3.63) is 53.7 Å².